The fraction of sp³-hybridized carbons (Fsp3) is 0.333. The molecule has 0 atom stereocenters. The third-order valence-electron chi connectivity index (χ3n) is 2.90. The lowest BCUT2D eigenvalue weighted by atomic mass is 9.86. The first kappa shape index (κ1) is 14.1. The van der Waals surface area contributed by atoms with Gasteiger partial charge in [0.15, 0.2) is 5.82 Å². The fourth-order valence-electron chi connectivity index (χ4n) is 1.91. The lowest BCUT2D eigenvalue weighted by molar-refractivity contribution is 0.365. The summed E-state index contributed by atoms with van der Waals surface area (Å²) >= 11 is 0. The molecule has 2 N–H and O–H groups in total. The van der Waals surface area contributed by atoms with Crippen LogP contribution in [0.2, 0.25) is 0 Å². The molecule has 2 aromatic rings. The van der Waals surface area contributed by atoms with Crippen LogP contribution in [-0.2, 0) is 5.41 Å². The molecule has 106 valence electrons. The smallest absolute Gasteiger partial charge is 0.268 e. The quantitative estimate of drug-likeness (QED) is 0.930. The van der Waals surface area contributed by atoms with Crippen LogP contribution in [0.3, 0.4) is 0 Å². The molecule has 0 saturated heterocycles. The number of nitrogen functional groups attached to an aromatic ring is 1. The van der Waals surface area contributed by atoms with Crippen molar-refractivity contribution in [3.05, 3.63) is 36.2 Å². The van der Waals surface area contributed by atoms with E-state index in [1.54, 1.807) is 0 Å². The van der Waals surface area contributed by atoms with E-state index in [4.69, 9.17) is 15.2 Å². The summed E-state index contributed by atoms with van der Waals surface area (Å²) in [5.41, 5.74) is 6.80. The van der Waals surface area contributed by atoms with Crippen molar-refractivity contribution in [2.45, 2.75) is 26.2 Å². The summed E-state index contributed by atoms with van der Waals surface area (Å²) in [5, 5.41) is 0. The van der Waals surface area contributed by atoms with Gasteiger partial charge in [0.2, 0.25) is 5.75 Å². The molecule has 0 aliphatic carbocycles. The predicted octanol–water partition coefficient (Wildman–Crippen LogP) is 3.16. The normalized spacial score (nSPS) is 11.2. The largest absolute Gasteiger partial charge is 0.489 e. The molecule has 5 nitrogen and oxygen atoms in total. The molecule has 1 aromatic carbocycles. The first-order chi connectivity index (χ1) is 9.43. The number of nitrogens with two attached hydrogens (primary N) is 1. The van der Waals surface area contributed by atoms with Gasteiger partial charge in [-0.3, -0.25) is 0 Å². The zero-order valence-electron chi connectivity index (χ0n) is 12.2. The van der Waals surface area contributed by atoms with E-state index in [0.717, 1.165) is 11.3 Å². The molecule has 1 aromatic heterocycles. The highest BCUT2D eigenvalue weighted by Gasteiger charge is 2.20. The molecule has 1 heterocycles. The molecule has 0 bridgehead atoms. The Morgan fingerprint density at radius 2 is 1.80 bits per heavy atom. The maximum Gasteiger partial charge on any atom is 0.268 e. The zero-order valence-corrected chi connectivity index (χ0v) is 12.2. The van der Waals surface area contributed by atoms with Gasteiger partial charge in [-0.15, -0.1) is 0 Å². The Kier molecular flexibility index (Phi) is 3.79. The standard InChI is InChI=1S/C15H19N3O2/c1-15(2,3)10-7-5-6-8-11(10)20-14-12(19-4)13(16)17-9-18-14/h5-9H,1-4H3,(H2,16,17,18). The van der Waals surface area contributed by atoms with Crippen molar-refractivity contribution in [2.75, 3.05) is 12.8 Å². The maximum atomic E-state index is 5.88. The van der Waals surface area contributed by atoms with Crippen molar-refractivity contribution in [2.24, 2.45) is 0 Å². The van der Waals surface area contributed by atoms with Gasteiger partial charge < -0.3 is 15.2 Å². The van der Waals surface area contributed by atoms with Gasteiger partial charge in [0, 0.05) is 5.56 Å². The van der Waals surface area contributed by atoms with Gasteiger partial charge in [0.25, 0.3) is 5.88 Å². The first-order valence-corrected chi connectivity index (χ1v) is 6.35. The Balaban J connectivity index is 2.44. The molecule has 0 aliphatic heterocycles. The number of anilines is 1. The number of rotatable bonds is 3. The van der Waals surface area contributed by atoms with Gasteiger partial charge in [-0.2, -0.15) is 4.98 Å². The van der Waals surface area contributed by atoms with Gasteiger partial charge >= 0.3 is 0 Å². The molecule has 0 amide bonds. The number of aromatic nitrogens is 2. The Hall–Kier alpha value is -2.30. The van der Waals surface area contributed by atoms with Crippen LogP contribution < -0.4 is 15.2 Å². The number of para-hydroxylation sites is 1. The van der Waals surface area contributed by atoms with Crippen LogP contribution in [0.4, 0.5) is 5.82 Å². The number of methoxy groups -OCH3 is 1. The van der Waals surface area contributed by atoms with Crippen LogP contribution in [0.1, 0.15) is 26.3 Å². The lowest BCUT2D eigenvalue weighted by Gasteiger charge is -2.22. The molecule has 0 radical (unpaired) electrons. The second-order valence-electron chi connectivity index (χ2n) is 5.45. The Bertz CT molecular complexity index is 606. The van der Waals surface area contributed by atoms with Crippen molar-refractivity contribution in [1.29, 1.82) is 0 Å². The van der Waals surface area contributed by atoms with Crippen molar-refractivity contribution in [3.8, 4) is 17.4 Å². The van der Waals surface area contributed by atoms with Crippen molar-refractivity contribution in [3.63, 3.8) is 0 Å². The van der Waals surface area contributed by atoms with Crippen LogP contribution in [0.5, 0.6) is 17.4 Å². The summed E-state index contributed by atoms with van der Waals surface area (Å²) in [4.78, 5) is 7.98. The number of benzene rings is 1. The molecular weight excluding hydrogens is 254 g/mol. The molecule has 0 spiro atoms. The maximum absolute atomic E-state index is 5.88. The van der Waals surface area contributed by atoms with Crippen LogP contribution in [0, 0.1) is 0 Å². The van der Waals surface area contributed by atoms with E-state index in [2.05, 4.69) is 30.7 Å². The summed E-state index contributed by atoms with van der Waals surface area (Å²) in [6, 6.07) is 7.84. The van der Waals surface area contributed by atoms with Gasteiger partial charge in [-0.05, 0) is 11.5 Å². The number of hydrogen-bond acceptors (Lipinski definition) is 5. The number of ether oxygens (including phenoxy) is 2. The fourth-order valence-corrected chi connectivity index (χ4v) is 1.91. The van der Waals surface area contributed by atoms with Crippen LogP contribution >= 0.6 is 0 Å². The highest BCUT2D eigenvalue weighted by atomic mass is 16.5. The molecule has 0 saturated carbocycles. The highest BCUT2D eigenvalue weighted by molar-refractivity contribution is 5.53. The summed E-state index contributed by atoms with van der Waals surface area (Å²) in [5.74, 6) is 1.65. The van der Waals surface area contributed by atoms with Crippen molar-refractivity contribution >= 4 is 5.82 Å². The summed E-state index contributed by atoms with van der Waals surface area (Å²) in [6.07, 6.45) is 1.35. The van der Waals surface area contributed by atoms with Gasteiger partial charge in [-0.25, -0.2) is 4.98 Å². The molecule has 2 rings (SSSR count). The van der Waals surface area contributed by atoms with E-state index in [1.807, 2.05) is 24.3 Å². The van der Waals surface area contributed by atoms with Gasteiger partial charge in [-0.1, -0.05) is 39.0 Å². The molecule has 0 fully saturated rings. The monoisotopic (exact) mass is 273 g/mol. The SMILES string of the molecule is COc1c(N)ncnc1Oc1ccccc1C(C)(C)C. The van der Waals surface area contributed by atoms with E-state index in [0.29, 0.717) is 11.6 Å². The summed E-state index contributed by atoms with van der Waals surface area (Å²) < 4.78 is 11.1. The third-order valence-corrected chi connectivity index (χ3v) is 2.90. The minimum Gasteiger partial charge on any atom is -0.489 e. The molecular formula is C15H19N3O2. The van der Waals surface area contributed by atoms with Crippen LogP contribution in [-0.4, -0.2) is 17.1 Å². The molecule has 5 heteroatoms. The summed E-state index contributed by atoms with van der Waals surface area (Å²) in [7, 11) is 1.51. The third kappa shape index (κ3) is 2.82. The van der Waals surface area contributed by atoms with E-state index < -0.39 is 0 Å². The number of nitrogens with zero attached hydrogens (tertiary/aromatic N) is 2. The molecule has 0 unspecified atom stereocenters. The minimum atomic E-state index is -0.0393. The van der Waals surface area contributed by atoms with Crippen LogP contribution in [0.25, 0.3) is 0 Å². The predicted molar refractivity (Wildman–Crippen MR) is 78.2 cm³/mol. The minimum absolute atomic E-state index is 0.0393. The summed E-state index contributed by atoms with van der Waals surface area (Å²) in [6.45, 7) is 6.38. The van der Waals surface area contributed by atoms with Gasteiger partial charge in [0.1, 0.15) is 12.1 Å². The average molecular weight is 273 g/mol. The van der Waals surface area contributed by atoms with E-state index in [1.165, 1.54) is 13.4 Å². The van der Waals surface area contributed by atoms with Crippen LogP contribution in [0.15, 0.2) is 30.6 Å². The van der Waals surface area contributed by atoms with Crippen molar-refractivity contribution < 1.29 is 9.47 Å². The van der Waals surface area contributed by atoms with E-state index >= 15 is 0 Å². The molecule has 0 aliphatic rings. The first-order valence-electron chi connectivity index (χ1n) is 6.35. The highest BCUT2D eigenvalue weighted by Crippen LogP contribution is 2.37. The topological polar surface area (TPSA) is 70.3 Å². The number of hydrogen-bond donors (Lipinski definition) is 1. The average Bonchev–Trinajstić information content (AvgIpc) is 2.38. The Labute approximate surface area is 118 Å². The second-order valence-corrected chi connectivity index (χ2v) is 5.45. The van der Waals surface area contributed by atoms with E-state index in [-0.39, 0.29) is 11.2 Å². The Morgan fingerprint density at radius 1 is 1.10 bits per heavy atom. The molecule has 20 heavy (non-hydrogen) atoms. The Morgan fingerprint density at radius 3 is 2.45 bits per heavy atom. The zero-order chi connectivity index (χ0) is 14.8. The second kappa shape index (κ2) is 5.36. The van der Waals surface area contributed by atoms with Crippen molar-refractivity contribution in [1.82, 2.24) is 9.97 Å². The lowest BCUT2D eigenvalue weighted by Crippen LogP contribution is -2.12. The van der Waals surface area contributed by atoms with Gasteiger partial charge in [0.05, 0.1) is 7.11 Å². The van der Waals surface area contributed by atoms with E-state index in [9.17, 15) is 0 Å².